The molecule has 0 aliphatic heterocycles. The van der Waals surface area contributed by atoms with Crippen molar-refractivity contribution in [2.24, 2.45) is 5.50 Å². The molecule has 0 aliphatic rings. The van der Waals surface area contributed by atoms with Gasteiger partial charge in [-0.1, -0.05) is 24.8 Å². The fourth-order valence-electron chi connectivity index (χ4n) is 0.659. The Morgan fingerprint density at radius 2 is 2.00 bits per heavy atom. The second kappa shape index (κ2) is 14.8. The number of nitrogens with zero attached hydrogens (tertiary/aromatic N) is 1. The zero-order chi connectivity index (χ0) is 11.2. The Balaban J connectivity index is 0. The molecule has 0 saturated heterocycles. The average molecular weight is 216 g/mol. The van der Waals surface area contributed by atoms with E-state index >= 15 is 0 Å². The van der Waals surface area contributed by atoms with Crippen LogP contribution in [0.25, 0.3) is 0 Å². The van der Waals surface area contributed by atoms with Crippen molar-refractivity contribution in [2.45, 2.75) is 25.7 Å². The first-order chi connectivity index (χ1) is 6.65. The highest BCUT2D eigenvalue weighted by Gasteiger charge is 1.82. The van der Waals surface area contributed by atoms with Crippen LogP contribution in [0.4, 0.5) is 0 Å². The molecule has 4 nitrogen and oxygen atoms in total. The second-order valence-electron chi connectivity index (χ2n) is 2.39. The minimum atomic E-state index is -2.12. The number of hydrogen-bond donors (Lipinski definition) is 3. The van der Waals surface area contributed by atoms with E-state index in [1.807, 2.05) is 6.08 Å². The lowest BCUT2D eigenvalue weighted by Crippen LogP contribution is -1.78. The van der Waals surface area contributed by atoms with Gasteiger partial charge in [0, 0.05) is 6.42 Å². The third kappa shape index (κ3) is 30.2. The molecular formula is C9H17N2O2P. The van der Waals surface area contributed by atoms with Crippen molar-refractivity contribution in [3.8, 4) is 6.07 Å². The molecule has 5 heteroatoms. The Morgan fingerprint density at radius 3 is 2.43 bits per heavy atom. The van der Waals surface area contributed by atoms with Crippen molar-refractivity contribution in [1.82, 2.24) is 0 Å². The number of rotatable bonds is 5. The van der Waals surface area contributed by atoms with E-state index in [1.165, 1.54) is 0 Å². The smallest absolute Gasteiger partial charge is 0.247 e. The van der Waals surface area contributed by atoms with E-state index in [4.69, 9.17) is 15.0 Å². The lowest BCUT2D eigenvalue weighted by molar-refractivity contribution is 0.485. The van der Waals surface area contributed by atoms with Crippen molar-refractivity contribution in [1.29, 1.82) is 5.26 Å². The zero-order valence-corrected chi connectivity index (χ0v) is 9.03. The topological polar surface area (TPSA) is 90.3 Å². The van der Waals surface area contributed by atoms with Gasteiger partial charge in [-0.15, -0.1) is 0 Å². The second-order valence-corrected chi connectivity index (χ2v) is 3.03. The maximum absolute atomic E-state index is 8.18. The summed E-state index contributed by atoms with van der Waals surface area (Å²) in [6.45, 7) is 3.56. The summed E-state index contributed by atoms with van der Waals surface area (Å²) in [5.41, 5.74) is 4.29. The van der Waals surface area contributed by atoms with Crippen LogP contribution in [0.15, 0.2) is 24.8 Å². The first-order valence-electron chi connectivity index (χ1n) is 4.22. The highest BCUT2D eigenvalue weighted by Crippen LogP contribution is 2.05. The molecule has 0 atom stereocenters. The van der Waals surface area contributed by atoms with Gasteiger partial charge in [0.15, 0.2) is 0 Å². The number of allylic oxidation sites excluding steroid dienone is 3. The lowest BCUT2D eigenvalue weighted by Gasteiger charge is -1.87. The van der Waals surface area contributed by atoms with Gasteiger partial charge in [-0.05, 0) is 19.3 Å². The van der Waals surface area contributed by atoms with E-state index in [0.29, 0.717) is 6.42 Å². The van der Waals surface area contributed by atoms with Gasteiger partial charge in [-0.25, -0.2) is 0 Å². The lowest BCUT2D eigenvalue weighted by atomic mass is 10.2. The third-order valence-corrected chi connectivity index (χ3v) is 1.18. The monoisotopic (exact) mass is 216 g/mol. The Labute approximate surface area is 86.3 Å². The summed E-state index contributed by atoms with van der Waals surface area (Å²) in [6, 6.07) is 2.11. The van der Waals surface area contributed by atoms with Crippen LogP contribution >= 0.6 is 8.53 Å². The van der Waals surface area contributed by atoms with Crippen LogP contribution in [0, 0.1) is 11.3 Å². The van der Waals surface area contributed by atoms with Crippen LogP contribution in [0.3, 0.4) is 0 Å². The Bertz CT molecular complexity index is 185. The molecule has 0 radical (unpaired) electrons. The largest absolute Gasteiger partial charge is 0.338 e. The van der Waals surface area contributed by atoms with Gasteiger partial charge in [-0.3, -0.25) is 5.50 Å². The van der Waals surface area contributed by atoms with Crippen molar-refractivity contribution in [3.05, 3.63) is 24.8 Å². The van der Waals surface area contributed by atoms with E-state index in [2.05, 4.69) is 24.2 Å². The highest BCUT2D eigenvalue weighted by atomic mass is 31.2. The van der Waals surface area contributed by atoms with Crippen LogP contribution in [-0.2, 0) is 0 Å². The SMILES string of the molecule is C=CC=CCCCCC#N.NP(O)O. The fraction of sp³-hybridized carbons (Fsp3) is 0.444. The molecule has 0 saturated carbocycles. The predicted molar refractivity (Wildman–Crippen MR) is 59.0 cm³/mol. The maximum atomic E-state index is 8.18. The Kier molecular flexibility index (Phi) is 16.6. The van der Waals surface area contributed by atoms with E-state index in [0.717, 1.165) is 19.3 Å². The average Bonchev–Trinajstić information content (AvgIpc) is 2.10. The molecule has 0 aliphatic carbocycles. The molecule has 0 heterocycles. The van der Waals surface area contributed by atoms with Crippen LogP contribution < -0.4 is 5.50 Å². The van der Waals surface area contributed by atoms with Crippen molar-refractivity contribution < 1.29 is 9.79 Å². The van der Waals surface area contributed by atoms with Gasteiger partial charge in [-0.2, -0.15) is 5.26 Å². The molecule has 14 heavy (non-hydrogen) atoms. The molecule has 0 rings (SSSR count). The number of nitrogens with two attached hydrogens (primary N) is 1. The number of hydrogen-bond acceptors (Lipinski definition) is 4. The molecule has 0 bridgehead atoms. The molecule has 0 aromatic carbocycles. The molecule has 80 valence electrons. The molecular weight excluding hydrogens is 199 g/mol. The van der Waals surface area contributed by atoms with Gasteiger partial charge in [0.1, 0.15) is 0 Å². The highest BCUT2D eigenvalue weighted by molar-refractivity contribution is 7.42. The van der Waals surface area contributed by atoms with Gasteiger partial charge >= 0.3 is 0 Å². The molecule has 0 unspecified atom stereocenters. The molecule has 4 N–H and O–H groups in total. The van der Waals surface area contributed by atoms with Gasteiger partial charge in [0.2, 0.25) is 8.53 Å². The third-order valence-electron chi connectivity index (χ3n) is 1.18. The van der Waals surface area contributed by atoms with Gasteiger partial charge in [0.25, 0.3) is 0 Å². The summed E-state index contributed by atoms with van der Waals surface area (Å²) in [5.74, 6) is 0. The summed E-state index contributed by atoms with van der Waals surface area (Å²) in [5, 5.41) is 8.18. The van der Waals surface area contributed by atoms with E-state index < -0.39 is 8.53 Å². The molecule has 0 spiro atoms. The zero-order valence-electron chi connectivity index (χ0n) is 8.13. The van der Waals surface area contributed by atoms with E-state index in [-0.39, 0.29) is 0 Å². The number of nitriles is 1. The Morgan fingerprint density at radius 1 is 1.43 bits per heavy atom. The molecule has 0 amide bonds. The maximum Gasteiger partial charge on any atom is 0.247 e. The molecule has 0 aromatic heterocycles. The standard InChI is InChI=1S/C9H13N.H4NO2P/c1-2-3-4-5-6-7-8-9-10;1-4(2)3/h2-4H,1,5-8H2;2-3H,1H2. The van der Waals surface area contributed by atoms with Gasteiger partial charge in [0.05, 0.1) is 6.07 Å². The summed E-state index contributed by atoms with van der Waals surface area (Å²) >= 11 is 0. The van der Waals surface area contributed by atoms with Crippen LogP contribution in [0.1, 0.15) is 25.7 Å². The summed E-state index contributed by atoms with van der Waals surface area (Å²) in [4.78, 5) is 14.9. The van der Waals surface area contributed by atoms with Crippen LogP contribution in [0.2, 0.25) is 0 Å². The quantitative estimate of drug-likeness (QED) is 0.372. The summed E-state index contributed by atoms with van der Waals surface area (Å²) in [7, 11) is -2.12. The number of unbranched alkanes of at least 4 members (excludes halogenated alkanes) is 3. The van der Waals surface area contributed by atoms with Crippen LogP contribution in [0.5, 0.6) is 0 Å². The first kappa shape index (κ1) is 15.7. The summed E-state index contributed by atoms with van der Waals surface area (Å²) in [6.07, 6.45) is 9.65. The molecule has 0 aromatic rings. The van der Waals surface area contributed by atoms with Crippen LogP contribution in [-0.4, -0.2) is 9.79 Å². The summed E-state index contributed by atoms with van der Waals surface area (Å²) < 4.78 is 0. The van der Waals surface area contributed by atoms with Crippen molar-refractivity contribution in [3.63, 3.8) is 0 Å². The van der Waals surface area contributed by atoms with Crippen molar-refractivity contribution >= 4 is 8.53 Å². The van der Waals surface area contributed by atoms with E-state index in [9.17, 15) is 0 Å². The predicted octanol–water partition coefficient (Wildman–Crippen LogP) is 1.97. The fourth-order valence-corrected chi connectivity index (χ4v) is 0.659. The van der Waals surface area contributed by atoms with Crippen molar-refractivity contribution in [2.75, 3.05) is 0 Å². The first-order valence-corrected chi connectivity index (χ1v) is 5.53. The van der Waals surface area contributed by atoms with E-state index in [1.54, 1.807) is 6.08 Å². The Hall–Kier alpha value is -0.720. The minimum absolute atomic E-state index is 0.682. The normalized spacial score (nSPS) is 9.36. The minimum Gasteiger partial charge on any atom is -0.338 e. The van der Waals surface area contributed by atoms with Gasteiger partial charge < -0.3 is 9.79 Å². The molecule has 0 fully saturated rings.